The molecule has 1 unspecified atom stereocenters. The summed E-state index contributed by atoms with van der Waals surface area (Å²) in [4.78, 5) is 14.0. The van der Waals surface area contributed by atoms with Crippen LogP contribution in [0.15, 0.2) is 24.3 Å². The van der Waals surface area contributed by atoms with Crippen molar-refractivity contribution < 1.29 is 9.90 Å². The summed E-state index contributed by atoms with van der Waals surface area (Å²) in [5.41, 5.74) is 7.03. The van der Waals surface area contributed by atoms with Gasteiger partial charge in [-0.1, -0.05) is 0 Å². The quantitative estimate of drug-likeness (QED) is 0.694. The van der Waals surface area contributed by atoms with E-state index in [9.17, 15) is 9.90 Å². The number of likely N-dealkylation sites (tertiary alicyclic amines) is 1. The van der Waals surface area contributed by atoms with Crippen LogP contribution in [0.3, 0.4) is 0 Å². The molecule has 1 atom stereocenters. The molecule has 5 heteroatoms. The Hall–Kier alpha value is -1.59. The van der Waals surface area contributed by atoms with Gasteiger partial charge in [0.25, 0.3) is 0 Å². The van der Waals surface area contributed by atoms with Crippen molar-refractivity contribution in [3.63, 3.8) is 0 Å². The summed E-state index contributed by atoms with van der Waals surface area (Å²) in [6.07, 6.45) is 2.57. The van der Waals surface area contributed by atoms with Crippen molar-refractivity contribution in [1.82, 2.24) is 4.90 Å². The zero-order valence-corrected chi connectivity index (χ0v) is 11.0. The summed E-state index contributed by atoms with van der Waals surface area (Å²) in [5.74, 6) is -0.00615. The van der Waals surface area contributed by atoms with Crippen LogP contribution in [0.4, 0.5) is 11.4 Å². The van der Waals surface area contributed by atoms with Crippen molar-refractivity contribution in [1.29, 1.82) is 0 Å². The van der Waals surface area contributed by atoms with Gasteiger partial charge >= 0.3 is 0 Å². The topological polar surface area (TPSA) is 78.6 Å². The highest BCUT2D eigenvalue weighted by Gasteiger charge is 2.23. The third kappa shape index (κ3) is 3.94. The van der Waals surface area contributed by atoms with Gasteiger partial charge in [-0.2, -0.15) is 0 Å². The highest BCUT2D eigenvalue weighted by atomic mass is 16.3. The Bertz CT molecular complexity index is 419. The number of hydrogen-bond donors (Lipinski definition) is 3. The molecule has 0 bridgehead atoms. The van der Waals surface area contributed by atoms with Crippen molar-refractivity contribution in [3.8, 4) is 0 Å². The van der Waals surface area contributed by atoms with E-state index in [1.807, 2.05) is 0 Å². The maximum absolute atomic E-state index is 11.8. The van der Waals surface area contributed by atoms with Gasteiger partial charge in [0, 0.05) is 30.4 Å². The summed E-state index contributed by atoms with van der Waals surface area (Å²) in [5, 5.41) is 12.1. The van der Waals surface area contributed by atoms with Gasteiger partial charge in [-0.05, 0) is 43.7 Å². The first-order valence-corrected chi connectivity index (χ1v) is 6.69. The summed E-state index contributed by atoms with van der Waals surface area (Å²) >= 11 is 0. The second-order valence-electron chi connectivity index (χ2n) is 4.93. The Morgan fingerprint density at radius 2 is 2.16 bits per heavy atom. The molecular formula is C14H21N3O2. The van der Waals surface area contributed by atoms with Gasteiger partial charge in [-0.3, -0.25) is 9.69 Å². The Kier molecular flexibility index (Phi) is 4.76. The number of nitrogens with two attached hydrogens (primary N) is 1. The van der Waals surface area contributed by atoms with Crippen LogP contribution in [0.25, 0.3) is 0 Å². The van der Waals surface area contributed by atoms with E-state index in [1.165, 1.54) is 0 Å². The average Bonchev–Trinajstić information content (AvgIpc) is 2.86. The largest absolute Gasteiger partial charge is 0.399 e. The van der Waals surface area contributed by atoms with Gasteiger partial charge < -0.3 is 16.2 Å². The van der Waals surface area contributed by atoms with E-state index < -0.39 is 0 Å². The minimum absolute atomic E-state index is 0.00615. The highest BCUT2D eigenvalue weighted by molar-refractivity contribution is 5.90. The van der Waals surface area contributed by atoms with Crippen LogP contribution >= 0.6 is 0 Å². The Morgan fingerprint density at radius 3 is 2.84 bits per heavy atom. The minimum Gasteiger partial charge on any atom is -0.399 e. The predicted molar refractivity (Wildman–Crippen MR) is 75.8 cm³/mol. The van der Waals surface area contributed by atoms with Crippen molar-refractivity contribution in [3.05, 3.63) is 24.3 Å². The first kappa shape index (κ1) is 13.8. The number of carbonyl (C=O) groups excluding carboxylic acids is 1. The van der Waals surface area contributed by atoms with E-state index in [2.05, 4.69) is 10.2 Å². The molecule has 0 radical (unpaired) electrons. The van der Waals surface area contributed by atoms with Crippen LogP contribution < -0.4 is 11.1 Å². The molecule has 4 N–H and O–H groups in total. The fourth-order valence-corrected chi connectivity index (χ4v) is 2.43. The Morgan fingerprint density at radius 1 is 1.42 bits per heavy atom. The third-order valence-electron chi connectivity index (χ3n) is 3.53. The second kappa shape index (κ2) is 6.54. The number of rotatable bonds is 5. The molecule has 2 rings (SSSR count). The number of nitrogen functional groups attached to an aromatic ring is 1. The van der Waals surface area contributed by atoms with E-state index in [1.54, 1.807) is 24.3 Å². The number of benzene rings is 1. The number of hydrogen-bond acceptors (Lipinski definition) is 4. The van der Waals surface area contributed by atoms with E-state index >= 15 is 0 Å². The summed E-state index contributed by atoms with van der Waals surface area (Å²) < 4.78 is 0. The third-order valence-corrected chi connectivity index (χ3v) is 3.53. The van der Waals surface area contributed by atoms with Crippen molar-refractivity contribution >= 4 is 17.3 Å². The molecule has 1 aliphatic rings. The molecule has 1 saturated heterocycles. The normalized spacial score (nSPS) is 19.5. The molecule has 0 aliphatic carbocycles. The maximum Gasteiger partial charge on any atom is 0.225 e. The molecule has 1 fully saturated rings. The lowest BCUT2D eigenvalue weighted by atomic mass is 10.2. The molecule has 1 aliphatic heterocycles. The summed E-state index contributed by atoms with van der Waals surface area (Å²) in [6.45, 7) is 1.85. The molecule has 0 spiro atoms. The van der Waals surface area contributed by atoms with Gasteiger partial charge in [0.2, 0.25) is 5.91 Å². The van der Waals surface area contributed by atoms with Crippen molar-refractivity contribution in [2.75, 3.05) is 30.7 Å². The number of carbonyl (C=O) groups is 1. The highest BCUT2D eigenvalue weighted by Crippen LogP contribution is 2.17. The maximum atomic E-state index is 11.8. The summed E-state index contributed by atoms with van der Waals surface area (Å²) in [7, 11) is 0. The van der Waals surface area contributed by atoms with Gasteiger partial charge in [0.15, 0.2) is 0 Å². The van der Waals surface area contributed by atoms with E-state index in [-0.39, 0.29) is 18.6 Å². The molecule has 1 heterocycles. The molecule has 1 aromatic rings. The second-order valence-corrected chi connectivity index (χ2v) is 4.93. The van der Waals surface area contributed by atoms with Crippen LogP contribution in [0.1, 0.15) is 19.3 Å². The van der Waals surface area contributed by atoms with Gasteiger partial charge in [-0.25, -0.2) is 0 Å². The lowest BCUT2D eigenvalue weighted by Crippen LogP contribution is -2.34. The zero-order chi connectivity index (χ0) is 13.7. The Balaban J connectivity index is 1.77. The smallest absolute Gasteiger partial charge is 0.225 e. The minimum atomic E-state index is -0.00615. The number of amides is 1. The number of aliphatic hydroxyl groups excluding tert-OH is 1. The summed E-state index contributed by atoms with van der Waals surface area (Å²) in [6, 6.07) is 7.33. The van der Waals surface area contributed by atoms with Crippen molar-refractivity contribution in [2.24, 2.45) is 0 Å². The molecule has 0 aromatic heterocycles. The average molecular weight is 263 g/mol. The predicted octanol–water partition coefficient (Wildman–Crippen LogP) is 1.05. The zero-order valence-electron chi connectivity index (χ0n) is 11.0. The van der Waals surface area contributed by atoms with E-state index in [4.69, 9.17) is 5.73 Å². The molecule has 5 nitrogen and oxygen atoms in total. The SMILES string of the molecule is Nc1ccc(NC(=O)CCN2CCCC2CO)cc1. The number of anilines is 2. The fraction of sp³-hybridized carbons (Fsp3) is 0.500. The van der Waals surface area contributed by atoms with Crippen LogP contribution in [-0.2, 0) is 4.79 Å². The lowest BCUT2D eigenvalue weighted by Gasteiger charge is -2.22. The van der Waals surface area contributed by atoms with Crippen molar-refractivity contribution in [2.45, 2.75) is 25.3 Å². The number of nitrogens with zero attached hydrogens (tertiary/aromatic N) is 1. The van der Waals surface area contributed by atoms with E-state index in [0.29, 0.717) is 18.7 Å². The first-order valence-electron chi connectivity index (χ1n) is 6.69. The molecular weight excluding hydrogens is 242 g/mol. The fourth-order valence-electron chi connectivity index (χ4n) is 2.43. The Labute approximate surface area is 113 Å². The van der Waals surface area contributed by atoms with Gasteiger partial charge in [0.05, 0.1) is 6.61 Å². The molecule has 104 valence electrons. The molecule has 1 amide bonds. The molecule has 1 aromatic carbocycles. The van der Waals surface area contributed by atoms with Crippen LogP contribution in [-0.4, -0.2) is 41.7 Å². The number of aliphatic hydroxyl groups is 1. The van der Waals surface area contributed by atoms with Crippen LogP contribution in [0.2, 0.25) is 0 Å². The lowest BCUT2D eigenvalue weighted by molar-refractivity contribution is -0.116. The van der Waals surface area contributed by atoms with Gasteiger partial charge in [0.1, 0.15) is 0 Å². The molecule has 19 heavy (non-hydrogen) atoms. The van der Waals surface area contributed by atoms with Crippen LogP contribution in [0.5, 0.6) is 0 Å². The molecule has 0 saturated carbocycles. The van der Waals surface area contributed by atoms with Crippen LogP contribution in [0, 0.1) is 0 Å². The monoisotopic (exact) mass is 263 g/mol. The first-order chi connectivity index (χ1) is 9.19. The van der Waals surface area contributed by atoms with E-state index in [0.717, 1.165) is 25.1 Å². The standard InChI is InChI=1S/C14H21N3O2/c15-11-3-5-12(6-4-11)16-14(19)7-9-17-8-1-2-13(17)10-18/h3-6,13,18H,1-2,7-10,15H2,(H,16,19). The number of nitrogens with one attached hydrogen (secondary N) is 1. The van der Waals surface area contributed by atoms with Gasteiger partial charge in [-0.15, -0.1) is 0 Å².